The topological polar surface area (TPSA) is 190 Å². The van der Waals surface area contributed by atoms with Crippen LogP contribution in [0.15, 0.2) is 29.1 Å². The maximum absolute atomic E-state index is 12.6. The number of nitrogens with zero attached hydrogens (tertiary/aromatic N) is 3. The lowest BCUT2D eigenvalue weighted by Crippen LogP contribution is -2.18. The van der Waals surface area contributed by atoms with Gasteiger partial charge in [0.15, 0.2) is 11.5 Å². The molecule has 0 amide bonds. The number of ketones is 1. The molecule has 0 saturated heterocycles. The molecular formula is C28H39N5O9. The number of methoxy groups -OCH3 is 1. The first-order valence-corrected chi connectivity index (χ1v) is 13.8. The quantitative estimate of drug-likeness (QED) is 0.144. The van der Waals surface area contributed by atoms with Crippen molar-refractivity contribution in [3.05, 3.63) is 45.9 Å². The number of aryl methyl sites for hydroxylation is 1. The second kappa shape index (κ2) is 17.9. The molecule has 1 aromatic carbocycles. The third-order valence-corrected chi connectivity index (χ3v) is 6.15. The van der Waals surface area contributed by atoms with Gasteiger partial charge in [-0.3, -0.25) is 14.2 Å². The van der Waals surface area contributed by atoms with Crippen molar-refractivity contribution < 1.29 is 38.4 Å². The molecule has 0 unspecified atom stereocenters. The van der Waals surface area contributed by atoms with Crippen molar-refractivity contribution in [1.29, 1.82) is 0 Å². The summed E-state index contributed by atoms with van der Waals surface area (Å²) in [6.07, 6.45) is 2.13. The number of fused-ring (bicyclic) bond motifs is 1. The predicted molar refractivity (Wildman–Crippen MR) is 153 cm³/mol. The molecule has 14 heteroatoms. The average molecular weight is 590 g/mol. The van der Waals surface area contributed by atoms with E-state index in [-0.39, 0.29) is 49.5 Å². The van der Waals surface area contributed by atoms with Gasteiger partial charge in [0.25, 0.3) is 0 Å². The van der Waals surface area contributed by atoms with E-state index in [4.69, 9.17) is 34.5 Å². The molecule has 0 aliphatic rings. The summed E-state index contributed by atoms with van der Waals surface area (Å²) < 4.78 is 27.9. The number of Topliss-reactive ketones (excluding diaryl/α,β-unsaturated/α-hetero) is 1. The second-order valence-electron chi connectivity index (χ2n) is 9.39. The van der Waals surface area contributed by atoms with Gasteiger partial charge in [0.1, 0.15) is 17.9 Å². The smallest absolute Gasteiger partial charge is 0.328 e. The number of hydrogen-bond acceptors (Lipinski definition) is 11. The SMILES string of the molecule is COCCOc1nc(N)c2[nH]c(=O)n(Cc3ccc(CCC(=O)CCCOCCOCCOCCC(=O)O)cc3)c2n1. The third-order valence-electron chi connectivity index (χ3n) is 6.15. The fourth-order valence-electron chi connectivity index (χ4n) is 3.93. The van der Waals surface area contributed by atoms with Crippen molar-refractivity contribution in [2.24, 2.45) is 0 Å². The molecule has 42 heavy (non-hydrogen) atoms. The lowest BCUT2D eigenvalue weighted by molar-refractivity contribution is -0.138. The van der Waals surface area contributed by atoms with E-state index < -0.39 is 5.97 Å². The first-order chi connectivity index (χ1) is 20.4. The Kier molecular flexibility index (Phi) is 13.9. The van der Waals surface area contributed by atoms with Crippen LogP contribution in [0.1, 0.15) is 36.8 Å². The number of hydrogen-bond donors (Lipinski definition) is 3. The number of rotatable bonds is 22. The zero-order valence-corrected chi connectivity index (χ0v) is 23.8. The number of ether oxygens (including phenoxy) is 5. The number of anilines is 1. The van der Waals surface area contributed by atoms with Crippen LogP contribution in [0.25, 0.3) is 11.2 Å². The molecule has 230 valence electrons. The fourth-order valence-corrected chi connectivity index (χ4v) is 3.93. The van der Waals surface area contributed by atoms with E-state index in [0.717, 1.165) is 11.1 Å². The maximum atomic E-state index is 12.6. The minimum absolute atomic E-state index is 0.0225. The average Bonchev–Trinajstić information content (AvgIpc) is 3.28. The first kappa shape index (κ1) is 32.7. The molecule has 3 rings (SSSR count). The Morgan fingerprint density at radius 1 is 0.881 bits per heavy atom. The maximum Gasteiger partial charge on any atom is 0.328 e. The molecule has 0 aliphatic carbocycles. The van der Waals surface area contributed by atoms with Gasteiger partial charge in [-0.15, -0.1) is 0 Å². The van der Waals surface area contributed by atoms with Gasteiger partial charge in [0.2, 0.25) is 0 Å². The van der Waals surface area contributed by atoms with Gasteiger partial charge in [-0.1, -0.05) is 24.3 Å². The Morgan fingerprint density at radius 2 is 1.55 bits per heavy atom. The standard InChI is InChI=1S/C28H39N5O9/c1-38-13-18-42-27-31-25(29)24-26(32-27)33(28(37)30-24)19-21-6-4-20(5-7-21)8-9-22(34)3-2-11-39-14-16-41-17-15-40-12-10-23(35)36/h4-7H,2-3,8-19H2,1H3,(H,30,37)(H,35,36)(H2,29,31,32). The highest BCUT2D eigenvalue weighted by Gasteiger charge is 2.15. The van der Waals surface area contributed by atoms with Gasteiger partial charge < -0.3 is 39.5 Å². The molecule has 0 radical (unpaired) electrons. The first-order valence-electron chi connectivity index (χ1n) is 13.8. The number of aliphatic carboxylic acids is 1. The second-order valence-corrected chi connectivity index (χ2v) is 9.39. The number of nitrogens with two attached hydrogens (primary N) is 1. The summed E-state index contributed by atoms with van der Waals surface area (Å²) >= 11 is 0. The molecule has 2 aromatic heterocycles. The molecule has 2 heterocycles. The zero-order valence-electron chi connectivity index (χ0n) is 23.8. The van der Waals surface area contributed by atoms with E-state index in [1.165, 1.54) is 4.57 Å². The third kappa shape index (κ3) is 11.2. The summed E-state index contributed by atoms with van der Waals surface area (Å²) in [4.78, 5) is 46.4. The molecule has 14 nitrogen and oxygen atoms in total. The summed E-state index contributed by atoms with van der Waals surface area (Å²) in [7, 11) is 1.56. The predicted octanol–water partition coefficient (Wildman–Crippen LogP) is 1.58. The van der Waals surface area contributed by atoms with Crippen LogP contribution in [-0.4, -0.2) is 96.3 Å². The molecule has 0 spiro atoms. The number of carboxylic acids is 1. The van der Waals surface area contributed by atoms with Crippen molar-refractivity contribution >= 4 is 28.7 Å². The number of aromatic amines is 1. The number of carbonyl (C=O) groups is 2. The Bertz CT molecular complexity index is 1320. The van der Waals surface area contributed by atoms with Gasteiger partial charge in [-0.2, -0.15) is 9.97 Å². The lowest BCUT2D eigenvalue weighted by atomic mass is 10.0. The largest absolute Gasteiger partial charge is 0.481 e. The van der Waals surface area contributed by atoms with Crippen molar-refractivity contribution in [3.63, 3.8) is 0 Å². The molecular weight excluding hydrogens is 550 g/mol. The van der Waals surface area contributed by atoms with Crippen LogP contribution >= 0.6 is 0 Å². The number of aromatic nitrogens is 4. The number of nitrogen functional groups attached to an aromatic ring is 1. The summed E-state index contributed by atoms with van der Waals surface area (Å²) in [5.41, 5.74) is 8.26. The van der Waals surface area contributed by atoms with E-state index >= 15 is 0 Å². The molecule has 0 bridgehead atoms. The van der Waals surface area contributed by atoms with Gasteiger partial charge in [0.05, 0.1) is 52.6 Å². The highest BCUT2D eigenvalue weighted by atomic mass is 16.5. The fraction of sp³-hybridized carbons (Fsp3) is 0.536. The monoisotopic (exact) mass is 589 g/mol. The number of benzene rings is 1. The van der Waals surface area contributed by atoms with Crippen LogP contribution in [-0.2, 0) is 41.5 Å². The molecule has 4 N–H and O–H groups in total. The lowest BCUT2D eigenvalue weighted by Gasteiger charge is -2.08. The Labute approximate surface area is 243 Å². The van der Waals surface area contributed by atoms with Gasteiger partial charge in [-0.05, 0) is 24.0 Å². The van der Waals surface area contributed by atoms with Crippen molar-refractivity contribution in [3.8, 4) is 6.01 Å². The zero-order chi connectivity index (χ0) is 30.2. The van der Waals surface area contributed by atoms with Crippen LogP contribution in [0.4, 0.5) is 5.82 Å². The Hall–Kier alpha value is -3.85. The van der Waals surface area contributed by atoms with E-state index in [2.05, 4.69) is 15.0 Å². The van der Waals surface area contributed by atoms with Gasteiger partial charge in [0, 0.05) is 26.6 Å². The summed E-state index contributed by atoms with van der Waals surface area (Å²) in [5.74, 6) is -0.598. The minimum atomic E-state index is -0.890. The van der Waals surface area contributed by atoms with Crippen LogP contribution in [0, 0.1) is 0 Å². The van der Waals surface area contributed by atoms with Crippen molar-refractivity contribution in [2.75, 3.05) is 65.7 Å². The van der Waals surface area contributed by atoms with Crippen LogP contribution in [0.2, 0.25) is 0 Å². The van der Waals surface area contributed by atoms with Crippen LogP contribution < -0.4 is 16.2 Å². The number of carboxylic acid groups (broad SMARTS) is 1. The van der Waals surface area contributed by atoms with Gasteiger partial charge in [-0.25, -0.2) is 4.79 Å². The molecule has 0 atom stereocenters. The number of imidazole rings is 1. The Balaban J connectivity index is 1.34. The normalized spacial score (nSPS) is 11.3. The van der Waals surface area contributed by atoms with Crippen LogP contribution in [0.5, 0.6) is 6.01 Å². The highest BCUT2D eigenvalue weighted by Crippen LogP contribution is 2.19. The van der Waals surface area contributed by atoms with E-state index in [0.29, 0.717) is 76.5 Å². The number of nitrogens with one attached hydrogen (secondary N) is 1. The molecule has 0 saturated carbocycles. The minimum Gasteiger partial charge on any atom is -0.481 e. The van der Waals surface area contributed by atoms with Crippen molar-refractivity contribution in [2.45, 2.75) is 38.6 Å². The number of carbonyl (C=O) groups excluding carboxylic acids is 1. The van der Waals surface area contributed by atoms with E-state index in [1.54, 1.807) is 7.11 Å². The highest BCUT2D eigenvalue weighted by molar-refractivity contribution is 5.82. The summed E-state index contributed by atoms with van der Waals surface area (Å²) in [6, 6.07) is 7.81. The van der Waals surface area contributed by atoms with Gasteiger partial charge >= 0.3 is 17.7 Å². The number of H-pyrrole nitrogens is 1. The van der Waals surface area contributed by atoms with E-state index in [1.807, 2.05) is 24.3 Å². The van der Waals surface area contributed by atoms with Crippen LogP contribution in [0.3, 0.4) is 0 Å². The van der Waals surface area contributed by atoms with E-state index in [9.17, 15) is 14.4 Å². The Morgan fingerprint density at radius 3 is 2.24 bits per heavy atom. The molecule has 3 aromatic rings. The summed E-state index contributed by atoms with van der Waals surface area (Å²) in [5, 5.41) is 8.51. The molecule has 0 fully saturated rings. The van der Waals surface area contributed by atoms with Crippen molar-refractivity contribution in [1.82, 2.24) is 19.5 Å². The molecule has 0 aliphatic heterocycles. The summed E-state index contributed by atoms with van der Waals surface area (Å²) in [6.45, 7) is 3.08.